The Kier molecular flexibility index (Phi) is 3.35. The van der Waals surface area contributed by atoms with Gasteiger partial charge in [-0.2, -0.15) is 0 Å². The molecule has 1 atom stereocenters. The van der Waals surface area contributed by atoms with E-state index < -0.39 is 4.75 Å². The second-order valence-electron chi connectivity index (χ2n) is 4.90. The van der Waals surface area contributed by atoms with Crippen LogP contribution in [-0.2, 0) is 16.1 Å². The fraction of sp³-hybridized carbons (Fsp3) is 0.200. The minimum Gasteiger partial charge on any atom is -0.459 e. The van der Waals surface area contributed by atoms with Crippen LogP contribution in [0.3, 0.4) is 0 Å². The zero-order chi connectivity index (χ0) is 15.0. The van der Waals surface area contributed by atoms with Gasteiger partial charge in [-0.15, -0.1) is 0 Å². The number of nitrogens with one attached hydrogen (secondary N) is 1. The number of hydrogen-bond acceptors (Lipinski definition) is 5. The number of aliphatic hydroxyl groups is 1. The van der Waals surface area contributed by atoms with Gasteiger partial charge in [0.2, 0.25) is 0 Å². The van der Waals surface area contributed by atoms with Crippen LogP contribution in [0.25, 0.3) is 11.3 Å². The van der Waals surface area contributed by atoms with Crippen molar-refractivity contribution in [2.24, 2.45) is 0 Å². The molecular formula is C15H13NO4S. The molecule has 1 aliphatic heterocycles. The zero-order valence-electron chi connectivity index (χ0n) is 11.3. The van der Waals surface area contributed by atoms with E-state index in [2.05, 4.69) is 5.32 Å². The molecule has 0 radical (unpaired) electrons. The number of aliphatic hydroxyl groups excluding tert-OH is 1. The maximum atomic E-state index is 11.9. The Morgan fingerprint density at radius 1 is 1.29 bits per heavy atom. The van der Waals surface area contributed by atoms with E-state index in [0.29, 0.717) is 11.5 Å². The van der Waals surface area contributed by atoms with Crippen molar-refractivity contribution < 1.29 is 19.1 Å². The molecule has 21 heavy (non-hydrogen) atoms. The summed E-state index contributed by atoms with van der Waals surface area (Å²) in [5.41, 5.74) is 1.59. The van der Waals surface area contributed by atoms with Gasteiger partial charge in [-0.3, -0.25) is 14.9 Å². The normalized spacial score (nSPS) is 21.6. The highest BCUT2D eigenvalue weighted by atomic mass is 32.2. The minimum atomic E-state index is -1.04. The Bertz CT molecular complexity index is 724. The Morgan fingerprint density at radius 2 is 2.10 bits per heavy atom. The first-order valence-corrected chi connectivity index (χ1v) is 7.19. The second-order valence-corrected chi connectivity index (χ2v) is 6.29. The van der Waals surface area contributed by atoms with Crippen molar-refractivity contribution in [2.45, 2.75) is 18.3 Å². The molecule has 2 heterocycles. The number of benzene rings is 1. The van der Waals surface area contributed by atoms with Crippen molar-refractivity contribution in [1.82, 2.24) is 5.32 Å². The van der Waals surface area contributed by atoms with Crippen molar-refractivity contribution in [2.75, 3.05) is 0 Å². The topological polar surface area (TPSA) is 79.5 Å². The van der Waals surface area contributed by atoms with Crippen LogP contribution in [0.2, 0.25) is 0 Å². The van der Waals surface area contributed by atoms with E-state index in [-0.39, 0.29) is 17.8 Å². The van der Waals surface area contributed by atoms with Gasteiger partial charge >= 0.3 is 0 Å². The van der Waals surface area contributed by atoms with Gasteiger partial charge < -0.3 is 9.52 Å². The fourth-order valence-corrected chi connectivity index (χ4v) is 3.07. The van der Waals surface area contributed by atoms with E-state index in [1.54, 1.807) is 19.1 Å². The summed E-state index contributed by atoms with van der Waals surface area (Å²) in [6.45, 7) is 1.61. The number of carbonyl (C=O) groups is 2. The van der Waals surface area contributed by atoms with Crippen molar-refractivity contribution in [1.29, 1.82) is 0 Å². The van der Waals surface area contributed by atoms with E-state index in [0.717, 1.165) is 22.9 Å². The fourth-order valence-electron chi connectivity index (χ4n) is 2.20. The molecule has 1 saturated heterocycles. The Balaban J connectivity index is 1.96. The average Bonchev–Trinajstić information content (AvgIpc) is 3.05. The summed E-state index contributed by atoms with van der Waals surface area (Å²) in [6, 6.07) is 10.8. The van der Waals surface area contributed by atoms with E-state index in [9.17, 15) is 9.59 Å². The number of hydrogen-bond donors (Lipinski definition) is 2. The van der Waals surface area contributed by atoms with Crippen molar-refractivity contribution in [3.05, 3.63) is 47.7 Å². The molecule has 2 amide bonds. The lowest BCUT2D eigenvalue weighted by Crippen LogP contribution is -2.31. The number of carbonyl (C=O) groups excluding carboxylic acids is 2. The van der Waals surface area contributed by atoms with Crippen molar-refractivity contribution in [3.8, 4) is 11.3 Å². The van der Waals surface area contributed by atoms with Gasteiger partial charge in [-0.05, 0) is 42.4 Å². The van der Waals surface area contributed by atoms with Crippen LogP contribution in [-0.4, -0.2) is 16.3 Å². The molecule has 2 N–H and O–H groups in total. The summed E-state index contributed by atoms with van der Waals surface area (Å²) in [7, 11) is 0. The van der Waals surface area contributed by atoms with Crippen LogP contribution in [0.5, 0.6) is 0 Å². The molecule has 1 aromatic carbocycles. The van der Waals surface area contributed by atoms with Crippen LogP contribution in [0.4, 0.5) is 4.79 Å². The molecule has 1 unspecified atom stereocenters. The molecule has 0 saturated carbocycles. The van der Waals surface area contributed by atoms with E-state index in [4.69, 9.17) is 9.52 Å². The first-order valence-electron chi connectivity index (χ1n) is 6.38. The van der Waals surface area contributed by atoms with Gasteiger partial charge in [-0.1, -0.05) is 18.2 Å². The van der Waals surface area contributed by atoms with Gasteiger partial charge in [-0.25, -0.2) is 0 Å². The molecule has 5 nitrogen and oxygen atoms in total. The number of furan rings is 1. The predicted octanol–water partition coefficient (Wildman–Crippen LogP) is 2.64. The summed E-state index contributed by atoms with van der Waals surface area (Å²) in [5, 5.41) is 11.1. The van der Waals surface area contributed by atoms with Crippen molar-refractivity contribution >= 4 is 22.9 Å². The first kappa shape index (κ1) is 13.9. The smallest absolute Gasteiger partial charge is 0.287 e. The second kappa shape index (κ2) is 5.05. The third kappa shape index (κ3) is 2.36. The van der Waals surface area contributed by atoms with E-state index in [1.165, 1.54) is 0 Å². The molecular weight excluding hydrogens is 290 g/mol. The van der Waals surface area contributed by atoms with Crippen LogP contribution < -0.4 is 5.32 Å². The number of imide groups is 1. The lowest BCUT2D eigenvalue weighted by molar-refractivity contribution is -0.121. The summed E-state index contributed by atoms with van der Waals surface area (Å²) in [5.74, 6) is 0.650. The van der Waals surface area contributed by atoms with Gasteiger partial charge in [0.05, 0.1) is 6.61 Å². The van der Waals surface area contributed by atoms with Gasteiger partial charge in [0, 0.05) is 5.56 Å². The predicted molar refractivity (Wildman–Crippen MR) is 78.5 cm³/mol. The first-order chi connectivity index (χ1) is 10.0. The Labute approximate surface area is 125 Å². The molecule has 1 fully saturated rings. The quantitative estimate of drug-likeness (QED) is 0.911. The minimum absolute atomic E-state index is 0.0497. The lowest BCUT2D eigenvalue weighted by Gasteiger charge is -2.14. The Hall–Kier alpha value is -2.05. The molecule has 0 bridgehead atoms. The highest BCUT2D eigenvalue weighted by Crippen LogP contribution is 2.42. The summed E-state index contributed by atoms with van der Waals surface area (Å²) >= 11 is 0.912. The lowest BCUT2D eigenvalue weighted by atomic mass is 10.1. The van der Waals surface area contributed by atoms with Gasteiger partial charge in [0.1, 0.15) is 11.5 Å². The number of rotatable bonds is 3. The summed E-state index contributed by atoms with van der Waals surface area (Å²) in [4.78, 5) is 23.3. The molecule has 1 aromatic heterocycles. The summed E-state index contributed by atoms with van der Waals surface area (Å²) < 4.78 is 4.72. The molecule has 0 aliphatic carbocycles. The Morgan fingerprint density at radius 3 is 2.76 bits per heavy atom. The van der Waals surface area contributed by atoms with Crippen LogP contribution in [0.1, 0.15) is 18.2 Å². The van der Waals surface area contributed by atoms with E-state index >= 15 is 0 Å². The average molecular weight is 303 g/mol. The summed E-state index contributed by atoms with van der Waals surface area (Å²) in [6.07, 6.45) is 0. The van der Waals surface area contributed by atoms with Crippen LogP contribution in [0, 0.1) is 0 Å². The molecule has 2 aromatic rings. The van der Waals surface area contributed by atoms with Crippen LogP contribution in [0.15, 0.2) is 40.8 Å². The highest BCUT2D eigenvalue weighted by Gasteiger charge is 2.47. The van der Waals surface area contributed by atoms with Gasteiger partial charge in [0.25, 0.3) is 11.1 Å². The standard InChI is InChI=1S/C15H13NO4S/c1-15(13(18)16-14(19)21-15)12-6-5-11(20-12)10-4-2-3-9(7-10)8-17/h2-7,17H,8H2,1H3,(H,16,18,19). The van der Waals surface area contributed by atoms with Crippen LogP contribution >= 0.6 is 11.8 Å². The number of thioether (sulfide) groups is 1. The SMILES string of the molecule is CC1(c2ccc(-c3cccc(CO)c3)o2)SC(=O)NC1=O. The third-order valence-corrected chi connectivity index (χ3v) is 4.50. The molecule has 0 spiro atoms. The third-order valence-electron chi connectivity index (χ3n) is 3.42. The van der Waals surface area contributed by atoms with Gasteiger partial charge in [0.15, 0.2) is 4.75 Å². The molecule has 1 aliphatic rings. The highest BCUT2D eigenvalue weighted by molar-refractivity contribution is 8.15. The van der Waals surface area contributed by atoms with Crippen molar-refractivity contribution in [3.63, 3.8) is 0 Å². The maximum absolute atomic E-state index is 11.9. The number of amides is 2. The molecule has 108 valence electrons. The largest absolute Gasteiger partial charge is 0.459 e. The monoisotopic (exact) mass is 303 g/mol. The molecule has 3 rings (SSSR count). The molecule has 6 heteroatoms. The van der Waals surface area contributed by atoms with E-state index in [1.807, 2.05) is 24.3 Å². The zero-order valence-corrected chi connectivity index (χ0v) is 12.1. The maximum Gasteiger partial charge on any atom is 0.287 e.